The van der Waals surface area contributed by atoms with Crippen molar-refractivity contribution in [3.8, 4) is 0 Å². The Morgan fingerprint density at radius 2 is 1.61 bits per heavy atom. The summed E-state index contributed by atoms with van der Waals surface area (Å²) >= 11 is 0. The molecule has 0 aromatic carbocycles. The van der Waals surface area contributed by atoms with Gasteiger partial charge in [-0.05, 0) is 41.2 Å². The number of nitrogens with zero attached hydrogens (tertiary/aromatic N) is 2. The minimum Gasteiger partial charge on any atom is -0.368 e. The Morgan fingerprint density at radius 1 is 1.06 bits per heavy atom. The molecule has 4 heteroatoms. The minimum atomic E-state index is -0.179. The second-order valence-corrected chi connectivity index (χ2v) is 7.07. The molecule has 0 aliphatic carbocycles. The number of rotatable bonds is 2. The molecule has 2 rings (SSSR count). The molecule has 0 aromatic rings. The molecule has 1 unspecified atom stereocenters. The van der Waals surface area contributed by atoms with E-state index in [9.17, 15) is 0 Å². The largest absolute Gasteiger partial charge is 0.368 e. The van der Waals surface area contributed by atoms with Crippen molar-refractivity contribution in [3.05, 3.63) is 0 Å². The molecule has 2 N–H and O–H groups in total. The lowest BCUT2D eigenvalue weighted by atomic mass is 9.77. The van der Waals surface area contributed by atoms with Crippen LogP contribution in [0.4, 0.5) is 0 Å². The van der Waals surface area contributed by atoms with E-state index in [1.807, 2.05) is 0 Å². The first-order chi connectivity index (χ1) is 8.22. The first-order valence-electron chi connectivity index (χ1n) is 7.06. The zero-order valence-electron chi connectivity index (χ0n) is 12.6. The van der Waals surface area contributed by atoms with Crippen LogP contribution in [-0.2, 0) is 4.74 Å². The van der Waals surface area contributed by atoms with Crippen LogP contribution in [0.2, 0.25) is 0 Å². The third kappa shape index (κ3) is 2.20. The zero-order valence-corrected chi connectivity index (χ0v) is 12.6. The zero-order chi connectivity index (χ0) is 13.6. The summed E-state index contributed by atoms with van der Waals surface area (Å²) in [6.45, 7) is 13.9. The molecule has 1 atom stereocenters. The molecular weight excluding hydrogens is 226 g/mol. The quantitative estimate of drug-likeness (QED) is 0.796. The SMILES string of the molecule is CN1CCN(C2(CN)CC(C)(C)OC2(C)C)CC1. The molecule has 2 fully saturated rings. The van der Waals surface area contributed by atoms with Crippen LogP contribution in [0.15, 0.2) is 0 Å². The number of ether oxygens (including phenoxy) is 1. The molecule has 0 radical (unpaired) electrons. The number of likely N-dealkylation sites (N-methyl/N-ethyl adjacent to an activating group) is 1. The summed E-state index contributed by atoms with van der Waals surface area (Å²) < 4.78 is 6.29. The number of hydrogen-bond acceptors (Lipinski definition) is 4. The summed E-state index contributed by atoms with van der Waals surface area (Å²) in [7, 11) is 2.19. The first kappa shape index (κ1) is 14.3. The van der Waals surface area contributed by atoms with E-state index >= 15 is 0 Å². The maximum Gasteiger partial charge on any atom is 0.0830 e. The van der Waals surface area contributed by atoms with Crippen molar-refractivity contribution in [2.75, 3.05) is 39.8 Å². The van der Waals surface area contributed by atoms with Crippen molar-refractivity contribution in [2.45, 2.75) is 50.9 Å². The van der Waals surface area contributed by atoms with E-state index in [0.717, 1.165) is 32.6 Å². The summed E-state index contributed by atoms with van der Waals surface area (Å²) in [6, 6.07) is 0. The fourth-order valence-corrected chi connectivity index (χ4v) is 3.91. The molecule has 0 amide bonds. The van der Waals surface area contributed by atoms with Gasteiger partial charge in [-0.3, -0.25) is 4.90 Å². The molecule has 0 spiro atoms. The second-order valence-electron chi connectivity index (χ2n) is 7.07. The maximum absolute atomic E-state index is 6.29. The maximum atomic E-state index is 6.29. The van der Waals surface area contributed by atoms with Gasteiger partial charge in [0, 0.05) is 32.7 Å². The van der Waals surface area contributed by atoms with Crippen LogP contribution in [0.1, 0.15) is 34.1 Å². The third-order valence-corrected chi connectivity index (χ3v) is 4.82. The van der Waals surface area contributed by atoms with E-state index in [4.69, 9.17) is 10.5 Å². The van der Waals surface area contributed by atoms with Gasteiger partial charge < -0.3 is 15.4 Å². The highest BCUT2D eigenvalue weighted by Gasteiger charge is 2.59. The van der Waals surface area contributed by atoms with E-state index in [0.29, 0.717) is 6.54 Å². The van der Waals surface area contributed by atoms with Crippen molar-refractivity contribution >= 4 is 0 Å². The Labute approximate surface area is 111 Å². The highest BCUT2D eigenvalue weighted by atomic mass is 16.5. The smallest absolute Gasteiger partial charge is 0.0830 e. The first-order valence-corrected chi connectivity index (χ1v) is 7.06. The Balaban J connectivity index is 2.25. The van der Waals surface area contributed by atoms with Crippen molar-refractivity contribution < 1.29 is 4.74 Å². The highest BCUT2D eigenvalue weighted by molar-refractivity contribution is 5.13. The molecule has 0 saturated carbocycles. The van der Waals surface area contributed by atoms with E-state index in [1.165, 1.54) is 0 Å². The van der Waals surface area contributed by atoms with Crippen LogP contribution >= 0.6 is 0 Å². The van der Waals surface area contributed by atoms with Crippen molar-refractivity contribution in [2.24, 2.45) is 5.73 Å². The van der Waals surface area contributed by atoms with Gasteiger partial charge in [0.05, 0.1) is 16.7 Å². The molecule has 2 aliphatic heterocycles. The Bertz CT molecular complexity index is 308. The molecule has 4 nitrogen and oxygen atoms in total. The molecule has 2 heterocycles. The topological polar surface area (TPSA) is 41.7 Å². The van der Waals surface area contributed by atoms with Gasteiger partial charge in [-0.25, -0.2) is 0 Å². The Morgan fingerprint density at radius 3 is 2.00 bits per heavy atom. The average molecular weight is 255 g/mol. The summed E-state index contributed by atoms with van der Waals surface area (Å²) in [6.07, 6.45) is 1.02. The molecule has 106 valence electrons. The van der Waals surface area contributed by atoms with Gasteiger partial charge in [0.1, 0.15) is 0 Å². The van der Waals surface area contributed by atoms with Crippen LogP contribution in [0.3, 0.4) is 0 Å². The summed E-state index contributed by atoms with van der Waals surface area (Å²) in [5.74, 6) is 0. The Hall–Kier alpha value is -0.160. The highest BCUT2D eigenvalue weighted by Crippen LogP contribution is 2.48. The van der Waals surface area contributed by atoms with Crippen LogP contribution < -0.4 is 5.73 Å². The van der Waals surface area contributed by atoms with Gasteiger partial charge in [-0.1, -0.05) is 0 Å². The van der Waals surface area contributed by atoms with Crippen LogP contribution in [0.5, 0.6) is 0 Å². The molecule has 2 aliphatic rings. The van der Waals surface area contributed by atoms with Gasteiger partial charge in [0.15, 0.2) is 0 Å². The standard InChI is InChI=1S/C14H29N3O/c1-12(2)10-14(11-15,13(3,4)18-12)17-8-6-16(5)7-9-17/h6-11,15H2,1-5H3. The number of piperazine rings is 1. The number of hydrogen-bond donors (Lipinski definition) is 1. The monoisotopic (exact) mass is 255 g/mol. The number of nitrogens with two attached hydrogens (primary N) is 1. The fraction of sp³-hybridized carbons (Fsp3) is 1.00. The summed E-state index contributed by atoms with van der Waals surface area (Å²) in [5, 5.41) is 0. The van der Waals surface area contributed by atoms with E-state index in [-0.39, 0.29) is 16.7 Å². The summed E-state index contributed by atoms with van der Waals surface area (Å²) in [5.41, 5.74) is 5.92. The van der Waals surface area contributed by atoms with Gasteiger partial charge >= 0.3 is 0 Å². The second kappa shape index (κ2) is 4.44. The van der Waals surface area contributed by atoms with E-state index in [1.54, 1.807) is 0 Å². The lowest BCUT2D eigenvalue weighted by molar-refractivity contribution is -0.109. The minimum absolute atomic E-state index is 0.0161. The fourth-order valence-electron chi connectivity index (χ4n) is 3.91. The molecule has 0 aromatic heterocycles. The summed E-state index contributed by atoms with van der Waals surface area (Å²) in [4.78, 5) is 4.95. The average Bonchev–Trinajstić information content (AvgIpc) is 2.44. The Kier molecular flexibility index (Phi) is 3.52. The molecule has 2 saturated heterocycles. The van der Waals surface area contributed by atoms with E-state index in [2.05, 4.69) is 44.5 Å². The molecule has 18 heavy (non-hydrogen) atoms. The predicted octanol–water partition coefficient (Wildman–Crippen LogP) is 0.909. The van der Waals surface area contributed by atoms with Crippen molar-refractivity contribution in [1.29, 1.82) is 0 Å². The van der Waals surface area contributed by atoms with Crippen molar-refractivity contribution in [3.63, 3.8) is 0 Å². The molecule has 0 bridgehead atoms. The van der Waals surface area contributed by atoms with Gasteiger partial charge in [-0.15, -0.1) is 0 Å². The van der Waals surface area contributed by atoms with Crippen LogP contribution in [-0.4, -0.2) is 66.3 Å². The lowest BCUT2D eigenvalue weighted by Gasteiger charge is -2.50. The van der Waals surface area contributed by atoms with Gasteiger partial charge in [-0.2, -0.15) is 0 Å². The van der Waals surface area contributed by atoms with Crippen molar-refractivity contribution in [1.82, 2.24) is 9.80 Å². The van der Waals surface area contributed by atoms with Gasteiger partial charge in [0.2, 0.25) is 0 Å². The van der Waals surface area contributed by atoms with E-state index < -0.39 is 0 Å². The normalized spacial score (nSPS) is 37.0. The lowest BCUT2D eigenvalue weighted by Crippen LogP contribution is -2.66. The predicted molar refractivity (Wildman–Crippen MR) is 74.7 cm³/mol. The van der Waals surface area contributed by atoms with Crippen LogP contribution in [0.25, 0.3) is 0 Å². The van der Waals surface area contributed by atoms with Gasteiger partial charge in [0.25, 0.3) is 0 Å². The van der Waals surface area contributed by atoms with Crippen LogP contribution in [0, 0.1) is 0 Å². The third-order valence-electron chi connectivity index (χ3n) is 4.82. The molecular formula is C14H29N3O.